The van der Waals surface area contributed by atoms with Crippen molar-refractivity contribution < 1.29 is 8.81 Å². The Kier molecular flexibility index (Phi) is 4.96. The van der Waals surface area contributed by atoms with Crippen LogP contribution in [0.3, 0.4) is 0 Å². The molecule has 2 N–H and O–H groups in total. The van der Waals surface area contributed by atoms with E-state index in [4.69, 9.17) is 10.2 Å². The molecular weight excluding hydrogens is 323 g/mol. The highest BCUT2D eigenvalue weighted by Gasteiger charge is 2.20. The minimum absolute atomic E-state index is 0.169. The molecule has 2 aromatic rings. The highest BCUT2D eigenvalue weighted by atomic mass is 79.9. The lowest BCUT2D eigenvalue weighted by Crippen LogP contribution is -2.31. The molecule has 0 radical (unpaired) electrons. The lowest BCUT2D eigenvalue weighted by atomic mass is 10.0. The average Bonchev–Trinajstić information content (AvgIpc) is 2.78. The fourth-order valence-electron chi connectivity index (χ4n) is 2.27. The van der Waals surface area contributed by atoms with Crippen molar-refractivity contribution in [3.63, 3.8) is 0 Å². The highest BCUT2D eigenvalue weighted by Crippen LogP contribution is 2.26. The number of aryl methyl sites for hydroxylation is 1. The first kappa shape index (κ1) is 15.2. The Hall–Kier alpha value is -1.17. The molecule has 108 valence electrons. The summed E-state index contributed by atoms with van der Waals surface area (Å²) in [4.78, 5) is 2.03. The summed E-state index contributed by atoms with van der Waals surface area (Å²) in [5.41, 5.74) is 7.53. The standard InChI is InChI=1S/C15H18BrFN2O/c1-10-11(5-6-20-10)9-19(2)15(8-18)13-4-3-12(16)7-14(13)17/h3-7,15H,8-9,18H2,1-2H3. The summed E-state index contributed by atoms with van der Waals surface area (Å²) in [7, 11) is 1.94. The van der Waals surface area contributed by atoms with Gasteiger partial charge in [0.1, 0.15) is 11.6 Å². The van der Waals surface area contributed by atoms with Crippen LogP contribution in [0, 0.1) is 12.7 Å². The number of hydrogen-bond acceptors (Lipinski definition) is 3. The van der Waals surface area contributed by atoms with E-state index < -0.39 is 0 Å². The van der Waals surface area contributed by atoms with Crippen LogP contribution in [0.25, 0.3) is 0 Å². The zero-order valence-corrected chi connectivity index (χ0v) is 13.2. The van der Waals surface area contributed by atoms with Crippen LogP contribution in [0.4, 0.5) is 4.39 Å². The normalized spacial score (nSPS) is 12.9. The molecule has 0 aliphatic carbocycles. The zero-order valence-electron chi connectivity index (χ0n) is 11.6. The average molecular weight is 341 g/mol. The Morgan fingerprint density at radius 1 is 1.40 bits per heavy atom. The molecule has 0 spiro atoms. The molecular formula is C15H18BrFN2O. The van der Waals surface area contributed by atoms with Crippen molar-refractivity contribution in [2.45, 2.75) is 19.5 Å². The van der Waals surface area contributed by atoms with Gasteiger partial charge >= 0.3 is 0 Å². The molecule has 0 fully saturated rings. The summed E-state index contributed by atoms with van der Waals surface area (Å²) in [6.45, 7) is 2.94. The van der Waals surface area contributed by atoms with Gasteiger partial charge in [-0.1, -0.05) is 22.0 Å². The topological polar surface area (TPSA) is 42.4 Å². The van der Waals surface area contributed by atoms with Gasteiger partial charge in [0.15, 0.2) is 0 Å². The molecule has 0 saturated heterocycles. The van der Waals surface area contributed by atoms with Crippen molar-refractivity contribution in [2.75, 3.05) is 13.6 Å². The quantitative estimate of drug-likeness (QED) is 0.903. The van der Waals surface area contributed by atoms with Crippen LogP contribution in [-0.4, -0.2) is 18.5 Å². The molecule has 0 saturated carbocycles. The summed E-state index contributed by atoms with van der Waals surface area (Å²) in [5, 5.41) is 0. The molecule has 0 aliphatic heterocycles. The van der Waals surface area contributed by atoms with Gasteiger partial charge in [-0.2, -0.15) is 0 Å². The van der Waals surface area contributed by atoms with E-state index in [1.165, 1.54) is 6.07 Å². The lowest BCUT2D eigenvalue weighted by molar-refractivity contribution is 0.235. The number of rotatable bonds is 5. The van der Waals surface area contributed by atoms with Crippen molar-refractivity contribution >= 4 is 15.9 Å². The minimum Gasteiger partial charge on any atom is -0.469 e. The zero-order chi connectivity index (χ0) is 14.7. The Labute approximate surface area is 126 Å². The number of benzene rings is 1. The third-order valence-corrected chi connectivity index (χ3v) is 3.96. The first-order valence-electron chi connectivity index (χ1n) is 6.41. The van der Waals surface area contributed by atoms with Gasteiger partial charge in [-0.3, -0.25) is 4.90 Å². The van der Waals surface area contributed by atoms with Crippen LogP contribution in [0.15, 0.2) is 39.4 Å². The second kappa shape index (κ2) is 6.52. The van der Waals surface area contributed by atoms with Crippen molar-refractivity contribution in [3.05, 3.63) is 57.7 Å². The lowest BCUT2D eigenvalue weighted by Gasteiger charge is -2.27. The van der Waals surface area contributed by atoms with E-state index in [1.807, 2.05) is 31.0 Å². The van der Waals surface area contributed by atoms with E-state index in [9.17, 15) is 4.39 Å². The van der Waals surface area contributed by atoms with Gasteiger partial charge in [-0.15, -0.1) is 0 Å². The largest absolute Gasteiger partial charge is 0.469 e. The van der Waals surface area contributed by atoms with Crippen molar-refractivity contribution in [2.24, 2.45) is 5.73 Å². The Bertz CT molecular complexity index is 585. The monoisotopic (exact) mass is 340 g/mol. The molecule has 3 nitrogen and oxygen atoms in total. The van der Waals surface area contributed by atoms with Crippen LogP contribution in [0.5, 0.6) is 0 Å². The van der Waals surface area contributed by atoms with Gasteiger partial charge in [0.05, 0.1) is 6.26 Å². The van der Waals surface area contributed by atoms with Crippen LogP contribution in [-0.2, 0) is 6.54 Å². The van der Waals surface area contributed by atoms with Crippen LogP contribution in [0.2, 0.25) is 0 Å². The van der Waals surface area contributed by atoms with Gasteiger partial charge in [-0.25, -0.2) is 4.39 Å². The third kappa shape index (κ3) is 3.29. The molecule has 2 rings (SSSR count). The van der Waals surface area contributed by atoms with E-state index in [0.717, 1.165) is 15.8 Å². The highest BCUT2D eigenvalue weighted by molar-refractivity contribution is 9.10. The summed E-state index contributed by atoms with van der Waals surface area (Å²) in [6.07, 6.45) is 1.66. The first-order chi connectivity index (χ1) is 9.52. The number of likely N-dealkylation sites (N-methyl/N-ethyl adjacent to an activating group) is 1. The smallest absolute Gasteiger partial charge is 0.129 e. The predicted molar refractivity (Wildman–Crippen MR) is 80.8 cm³/mol. The molecule has 0 aliphatic rings. The fourth-order valence-corrected chi connectivity index (χ4v) is 2.60. The predicted octanol–water partition coefficient (Wildman–Crippen LogP) is 3.62. The molecule has 1 unspecified atom stereocenters. The van der Waals surface area contributed by atoms with E-state index in [-0.39, 0.29) is 11.9 Å². The molecule has 1 atom stereocenters. The SMILES string of the molecule is Cc1occc1CN(C)C(CN)c1ccc(Br)cc1F. The maximum atomic E-state index is 14.1. The second-order valence-corrected chi connectivity index (χ2v) is 5.75. The van der Waals surface area contributed by atoms with Gasteiger partial charge in [0.25, 0.3) is 0 Å². The van der Waals surface area contributed by atoms with E-state index >= 15 is 0 Å². The van der Waals surface area contributed by atoms with Crippen LogP contribution < -0.4 is 5.73 Å². The number of hydrogen-bond donors (Lipinski definition) is 1. The molecule has 20 heavy (non-hydrogen) atoms. The van der Waals surface area contributed by atoms with Crippen LogP contribution in [0.1, 0.15) is 22.9 Å². The molecule has 1 aromatic heterocycles. The molecule has 1 aromatic carbocycles. The van der Waals surface area contributed by atoms with Crippen molar-refractivity contribution in [1.29, 1.82) is 0 Å². The maximum Gasteiger partial charge on any atom is 0.129 e. The summed E-state index contributed by atoms with van der Waals surface area (Å²) in [6, 6.07) is 6.83. The Morgan fingerprint density at radius 3 is 2.70 bits per heavy atom. The summed E-state index contributed by atoms with van der Waals surface area (Å²) in [5.74, 6) is 0.634. The second-order valence-electron chi connectivity index (χ2n) is 4.83. The number of nitrogens with two attached hydrogens (primary N) is 1. The minimum atomic E-state index is -0.245. The van der Waals surface area contributed by atoms with Crippen molar-refractivity contribution in [1.82, 2.24) is 4.90 Å². The molecule has 0 amide bonds. The molecule has 0 bridgehead atoms. The fraction of sp³-hybridized carbons (Fsp3) is 0.333. The Morgan fingerprint density at radius 2 is 2.15 bits per heavy atom. The van der Waals surface area contributed by atoms with E-state index in [2.05, 4.69) is 15.9 Å². The van der Waals surface area contributed by atoms with Gasteiger partial charge in [0.2, 0.25) is 0 Å². The van der Waals surface area contributed by atoms with E-state index in [0.29, 0.717) is 18.7 Å². The summed E-state index contributed by atoms with van der Waals surface area (Å²) >= 11 is 3.27. The number of halogens is 2. The van der Waals surface area contributed by atoms with Gasteiger partial charge in [-0.05, 0) is 32.2 Å². The van der Waals surface area contributed by atoms with Crippen molar-refractivity contribution in [3.8, 4) is 0 Å². The van der Waals surface area contributed by atoms with Gasteiger partial charge < -0.3 is 10.2 Å². The van der Waals surface area contributed by atoms with E-state index in [1.54, 1.807) is 12.3 Å². The molecule has 1 heterocycles. The molecule has 5 heteroatoms. The first-order valence-corrected chi connectivity index (χ1v) is 7.20. The Balaban J connectivity index is 2.21. The number of nitrogens with zero attached hydrogens (tertiary/aromatic N) is 1. The number of furan rings is 1. The maximum absolute atomic E-state index is 14.1. The van der Waals surface area contributed by atoms with Crippen LogP contribution >= 0.6 is 15.9 Å². The van der Waals surface area contributed by atoms with Gasteiger partial charge in [0, 0.05) is 34.7 Å². The summed E-state index contributed by atoms with van der Waals surface area (Å²) < 4.78 is 20.1. The third-order valence-electron chi connectivity index (χ3n) is 3.46.